The molecular formula is C13H18N2O5S2. The lowest BCUT2D eigenvalue weighted by Crippen LogP contribution is -2.30. The van der Waals surface area contributed by atoms with Crippen molar-refractivity contribution in [3.63, 3.8) is 0 Å². The van der Waals surface area contributed by atoms with Gasteiger partial charge in [0.05, 0.1) is 5.56 Å². The van der Waals surface area contributed by atoms with E-state index in [1.165, 1.54) is 4.31 Å². The minimum absolute atomic E-state index is 0.0529. The summed E-state index contributed by atoms with van der Waals surface area (Å²) in [6.45, 7) is 1.68. The number of sulfonamides is 1. The zero-order valence-electron chi connectivity index (χ0n) is 11.9. The van der Waals surface area contributed by atoms with E-state index >= 15 is 0 Å². The van der Waals surface area contributed by atoms with Gasteiger partial charge in [0.1, 0.15) is 4.21 Å². The maximum Gasteiger partial charge on any atom is 0.338 e. The predicted molar refractivity (Wildman–Crippen MR) is 80.6 cm³/mol. The molecule has 0 bridgehead atoms. The van der Waals surface area contributed by atoms with E-state index in [9.17, 15) is 23.4 Å². The molecule has 22 heavy (non-hydrogen) atoms. The van der Waals surface area contributed by atoms with Gasteiger partial charge in [0.2, 0.25) is 0 Å². The molecule has 1 saturated heterocycles. The number of carboxylic acids is 1. The summed E-state index contributed by atoms with van der Waals surface area (Å²) in [5, 5.41) is 21.8. The molecule has 0 unspecified atom stereocenters. The summed E-state index contributed by atoms with van der Waals surface area (Å²) >= 11 is 1.06. The van der Waals surface area contributed by atoms with E-state index in [0.717, 1.165) is 16.2 Å². The molecule has 7 nitrogen and oxygen atoms in total. The highest BCUT2D eigenvalue weighted by Gasteiger charge is 2.38. The van der Waals surface area contributed by atoms with Crippen LogP contribution in [0.5, 0.6) is 0 Å². The molecule has 3 rings (SSSR count). The van der Waals surface area contributed by atoms with Gasteiger partial charge in [-0.15, -0.1) is 11.3 Å². The molecule has 1 aromatic heterocycles. The number of aliphatic hydroxyl groups is 1. The summed E-state index contributed by atoms with van der Waals surface area (Å²) in [6, 6.07) is 0. The van der Waals surface area contributed by atoms with Crippen LogP contribution in [0, 0.1) is 5.92 Å². The molecule has 0 saturated carbocycles. The van der Waals surface area contributed by atoms with Gasteiger partial charge in [-0.1, -0.05) is 0 Å². The van der Waals surface area contributed by atoms with Crippen molar-refractivity contribution < 1.29 is 23.4 Å². The number of aliphatic hydroxyl groups excluding tert-OH is 1. The van der Waals surface area contributed by atoms with Crippen LogP contribution in [-0.4, -0.2) is 55.1 Å². The fourth-order valence-electron chi connectivity index (χ4n) is 2.99. The minimum atomic E-state index is -3.82. The average Bonchev–Trinajstić information content (AvgIpc) is 3.12. The van der Waals surface area contributed by atoms with E-state index in [2.05, 4.69) is 5.32 Å². The van der Waals surface area contributed by atoms with Gasteiger partial charge in [0.15, 0.2) is 0 Å². The third-order valence-corrected chi connectivity index (χ3v) is 7.78. The molecule has 0 aromatic carbocycles. The highest BCUT2D eigenvalue weighted by molar-refractivity contribution is 7.91. The zero-order valence-corrected chi connectivity index (χ0v) is 13.5. The number of thiophene rings is 1. The van der Waals surface area contributed by atoms with E-state index in [0.29, 0.717) is 38.0 Å². The Morgan fingerprint density at radius 2 is 2.23 bits per heavy atom. The summed E-state index contributed by atoms with van der Waals surface area (Å²) in [7, 11) is -3.82. The van der Waals surface area contributed by atoms with E-state index in [-0.39, 0.29) is 28.8 Å². The van der Waals surface area contributed by atoms with E-state index in [4.69, 9.17) is 0 Å². The smallest absolute Gasteiger partial charge is 0.338 e. The highest BCUT2D eigenvalue weighted by Crippen LogP contribution is 2.37. The molecule has 3 N–H and O–H groups in total. The van der Waals surface area contributed by atoms with Gasteiger partial charge in [-0.05, 0) is 30.9 Å². The highest BCUT2D eigenvalue weighted by atomic mass is 32.2. The molecule has 1 fully saturated rings. The van der Waals surface area contributed by atoms with Crippen LogP contribution in [0.3, 0.4) is 0 Å². The number of rotatable bonds is 4. The Hall–Kier alpha value is -1.00. The van der Waals surface area contributed by atoms with Crippen LogP contribution in [0.1, 0.15) is 27.2 Å². The first-order valence-corrected chi connectivity index (χ1v) is 9.40. The summed E-state index contributed by atoms with van der Waals surface area (Å²) < 4.78 is 26.9. The molecule has 3 heterocycles. The Bertz CT molecular complexity index is 698. The number of hydrogen-bond donors (Lipinski definition) is 3. The maximum atomic E-state index is 12.8. The molecule has 1 aromatic rings. The van der Waals surface area contributed by atoms with E-state index < -0.39 is 16.0 Å². The molecule has 122 valence electrons. The lowest BCUT2D eigenvalue weighted by Gasteiger charge is -2.16. The summed E-state index contributed by atoms with van der Waals surface area (Å²) in [6.07, 6.45) is 1.13. The Morgan fingerprint density at radius 1 is 1.45 bits per heavy atom. The van der Waals surface area contributed by atoms with Crippen molar-refractivity contribution in [2.24, 2.45) is 5.92 Å². The van der Waals surface area contributed by atoms with Gasteiger partial charge >= 0.3 is 5.97 Å². The third-order valence-electron chi connectivity index (χ3n) is 4.19. The van der Waals surface area contributed by atoms with Crippen molar-refractivity contribution in [2.75, 3.05) is 26.2 Å². The largest absolute Gasteiger partial charge is 0.478 e. The van der Waals surface area contributed by atoms with Gasteiger partial charge < -0.3 is 15.5 Å². The Kier molecular flexibility index (Phi) is 4.25. The Balaban J connectivity index is 2.04. The Morgan fingerprint density at radius 3 is 2.86 bits per heavy atom. The topological polar surface area (TPSA) is 107 Å². The van der Waals surface area contributed by atoms with Crippen LogP contribution in [0.25, 0.3) is 0 Å². The molecule has 0 amide bonds. The fourth-order valence-corrected chi connectivity index (χ4v) is 6.52. The number of hydrogen-bond acceptors (Lipinski definition) is 6. The molecule has 0 spiro atoms. The fraction of sp³-hybridized carbons (Fsp3) is 0.615. The maximum absolute atomic E-state index is 12.8. The van der Waals surface area contributed by atoms with Gasteiger partial charge in [-0.25, -0.2) is 13.2 Å². The monoisotopic (exact) mass is 346 g/mol. The second-order valence-electron chi connectivity index (χ2n) is 5.60. The summed E-state index contributed by atoms with van der Waals surface area (Å²) in [4.78, 5) is 12.4. The molecule has 9 heteroatoms. The van der Waals surface area contributed by atoms with Crippen LogP contribution in [0.2, 0.25) is 0 Å². The van der Waals surface area contributed by atoms with Gasteiger partial charge in [0.25, 0.3) is 10.0 Å². The molecule has 0 aliphatic carbocycles. The van der Waals surface area contributed by atoms with Crippen LogP contribution in [0.15, 0.2) is 4.21 Å². The van der Waals surface area contributed by atoms with Gasteiger partial charge in [-0.2, -0.15) is 4.31 Å². The first-order chi connectivity index (χ1) is 10.4. The quantitative estimate of drug-likeness (QED) is 0.714. The van der Waals surface area contributed by atoms with Crippen molar-refractivity contribution in [1.29, 1.82) is 0 Å². The van der Waals surface area contributed by atoms with Crippen molar-refractivity contribution in [3.8, 4) is 0 Å². The second kappa shape index (κ2) is 5.89. The van der Waals surface area contributed by atoms with E-state index in [1.54, 1.807) is 0 Å². The molecule has 1 atom stereocenters. The minimum Gasteiger partial charge on any atom is -0.478 e. The number of carbonyl (C=O) groups is 1. The second-order valence-corrected chi connectivity index (χ2v) is 8.84. The van der Waals surface area contributed by atoms with Crippen LogP contribution >= 0.6 is 11.3 Å². The predicted octanol–water partition coefficient (Wildman–Crippen LogP) is 0.0949. The standard InChI is InChI=1S/C13H18N2O5S2/c16-7-8-2-4-15(6-8)22(19,20)13-11(12(17)18)9-1-3-14-5-10(9)21-13/h8,14,16H,1-7H2,(H,17,18)/t8-/m1/s1. The number of aromatic carboxylic acids is 1. The number of nitrogens with one attached hydrogen (secondary N) is 1. The normalized spacial score (nSPS) is 22.7. The summed E-state index contributed by atoms with van der Waals surface area (Å²) in [5.74, 6) is -1.25. The van der Waals surface area contributed by atoms with Gasteiger partial charge in [-0.3, -0.25) is 0 Å². The SMILES string of the molecule is O=C(O)c1c(S(=O)(=O)N2CC[C@@H](CO)C2)sc2c1CCNC2. The lowest BCUT2D eigenvalue weighted by atomic mass is 10.1. The average molecular weight is 346 g/mol. The Labute approximate surface area is 132 Å². The first-order valence-electron chi connectivity index (χ1n) is 7.14. The zero-order chi connectivity index (χ0) is 15.9. The first kappa shape index (κ1) is 15.9. The number of carboxylic acid groups (broad SMARTS) is 1. The molecule has 2 aliphatic heterocycles. The van der Waals surface area contributed by atoms with Crippen LogP contribution < -0.4 is 5.32 Å². The van der Waals surface area contributed by atoms with Crippen molar-refractivity contribution in [3.05, 3.63) is 16.0 Å². The number of nitrogens with zero attached hydrogens (tertiary/aromatic N) is 1. The molecule has 2 aliphatic rings. The summed E-state index contributed by atoms with van der Waals surface area (Å²) in [5.41, 5.74) is 0.585. The van der Waals surface area contributed by atoms with Gasteiger partial charge in [0, 0.05) is 31.1 Å². The molecule has 0 radical (unpaired) electrons. The van der Waals surface area contributed by atoms with Crippen LogP contribution in [-0.2, 0) is 23.0 Å². The van der Waals surface area contributed by atoms with Crippen molar-refractivity contribution in [2.45, 2.75) is 23.6 Å². The van der Waals surface area contributed by atoms with Crippen LogP contribution in [0.4, 0.5) is 0 Å². The molecular weight excluding hydrogens is 328 g/mol. The van der Waals surface area contributed by atoms with Crippen molar-refractivity contribution in [1.82, 2.24) is 9.62 Å². The number of fused-ring (bicyclic) bond motifs is 1. The third kappa shape index (κ3) is 2.56. The van der Waals surface area contributed by atoms with Crippen molar-refractivity contribution >= 4 is 27.3 Å². The lowest BCUT2D eigenvalue weighted by molar-refractivity contribution is 0.0692. The van der Waals surface area contributed by atoms with E-state index in [1.807, 2.05) is 0 Å².